The molecule has 0 aliphatic carbocycles. The number of ether oxygens (including phenoxy) is 1. The summed E-state index contributed by atoms with van der Waals surface area (Å²) in [4.78, 5) is 24.0. The van der Waals surface area contributed by atoms with E-state index in [1.165, 1.54) is 0 Å². The molecule has 6 heteroatoms. The number of carbonyl (C=O) groups is 2. The van der Waals surface area contributed by atoms with Gasteiger partial charge in [-0.05, 0) is 26.2 Å². The molecule has 1 saturated heterocycles. The van der Waals surface area contributed by atoms with Gasteiger partial charge in [0.25, 0.3) is 0 Å². The molecule has 0 aromatic rings. The molecule has 0 spiro atoms. The van der Waals surface area contributed by atoms with E-state index in [0.29, 0.717) is 13.0 Å². The van der Waals surface area contributed by atoms with E-state index in [1.807, 2.05) is 0 Å². The van der Waals surface area contributed by atoms with E-state index in [4.69, 9.17) is 10.5 Å². The average Bonchev–Trinajstić information content (AvgIpc) is 2.31. The van der Waals surface area contributed by atoms with E-state index in [1.54, 1.807) is 6.92 Å². The third-order valence-electron chi connectivity index (χ3n) is 2.22. The third-order valence-corrected chi connectivity index (χ3v) is 2.22. The van der Waals surface area contributed by atoms with Gasteiger partial charge in [-0.1, -0.05) is 0 Å². The number of likely N-dealkylation sites (tertiary alicyclic amines) is 1. The quantitative estimate of drug-likeness (QED) is 0.734. The van der Waals surface area contributed by atoms with Crippen molar-refractivity contribution in [3.63, 3.8) is 0 Å². The van der Waals surface area contributed by atoms with Crippen molar-refractivity contribution in [3.8, 4) is 0 Å². The molecule has 1 rings (SSSR count). The largest absolute Gasteiger partial charge is 0.449 e. The summed E-state index contributed by atoms with van der Waals surface area (Å²) in [6, 6.07) is -0.554. The van der Waals surface area contributed by atoms with E-state index in [0.717, 1.165) is 17.7 Å². The van der Waals surface area contributed by atoms with Gasteiger partial charge in [-0.15, -0.1) is 12.4 Å². The highest BCUT2D eigenvalue weighted by Gasteiger charge is 2.29. The summed E-state index contributed by atoms with van der Waals surface area (Å²) in [5, 5.41) is 0. The van der Waals surface area contributed by atoms with E-state index in [2.05, 4.69) is 0 Å². The minimum Gasteiger partial charge on any atom is -0.449 e. The van der Waals surface area contributed by atoms with Crippen molar-refractivity contribution >= 4 is 24.4 Å². The van der Waals surface area contributed by atoms with E-state index < -0.39 is 12.1 Å². The number of carbonyl (C=O) groups excluding carboxylic acids is 2. The molecule has 1 heterocycles. The lowest BCUT2D eigenvalue weighted by Gasteiger charge is -2.19. The standard InChI is InChI=1S/C9H16N2O3.ClH/c1-2-14-9(13)11-6-4-3-5-7(10)8(11)12;/h7H,2-6,10H2,1H3;1H/t7-;/m0./s1. The first kappa shape index (κ1) is 14.2. The molecule has 1 aliphatic heterocycles. The molecular weight excluding hydrogens is 220 g/mol. The molecule has 0 saturated carbocycles. The van der Waals surface area contributed by atoms with Crippen LogP contribution in [0.25, 0.3) is 0 Å². The topological polar surface area (TPSA) is 72.6 Å². The summed E-state index contributed by atoms with van der Waals surface area (Å²) in [7, 11) is 0. The van der Waals surface area contributed by atoms with Crippen LogP contribution in [0.3, 0.4) is 0 Å². The highest BCUT2D eigenvalue weighted by Crippen LogP contribution is 2.11. The van der Waals surface area contributed by atoms with Gasteiger partial charge in [0.05, 0.1) is 12.6 Å². The van der Waals surface area contributed by atoms with E-state index in [9.17, 15) is 9.59 Å². The maximum Gasteiger partial charge on any atom is 0.416 e. The Kier molecular flexibility index (Phi) is 6.27. The molecule has 1 fully saturated rings. The first-order valence-electron chi connectivity index (χ1n) is 4.90. The fraction of sp³-hybridized carbons (Fsp3) is 0.778. The minimum absolute atomic E-state index is 0. The number of nitrogens with two attached hydrogens (primary N) is 1. The molecule has 2 N–H and O–H groups in total. The van der Waals surface area contributed by atoms with Crippen LogP contribution in [-0.2, 0) is 9.53 Å². The minimum atomic E-state index is -0.574. The fourth-order valence-electron chi connectivity index (χ4n) is 1.45. The lowest BCUT2D eigenvalue weighted by molar-refractivity contribution is -0.130. The van der Waals surface area contributed by atoms with Gasteiger partial charge in [0, 0.05) is 6.54 Å². The van der Waals surface area contributed by atoms with Gasteiger partial charge in [0.2, 0.25) is 5.91 Å². The number of nitrogens with zero attached hydrogens (tertiary/aromatic N) is 1. The second-order valence-electron chi connectivity index (χ2n) is 3.29. The first-order valence-corrected chi connectivity index (χ1v) is 4.90. The van der Waals surface area contributed by atoms with E-state index in [-0.39, 0.29) is 24.9 Å². The zero-order chi connectivity index (χ0) is 10.6. The van der Waals surface area contributed by atoms with Crippen LogP contribution in [0.4, 0.5) is 4.79 Å². The molecule has 5 nitrogen and oxygen atoms in total. The SMILES string of the molecule is CCOC(=O)N1CCCC[C@H](N)C1=O.Cl. The van der Waals surface area contributed by atoms with Crippen LogP contribution in [0.1, 0.15) is 26.2 Å². The van der Waals surface area contributed by atoms with Crippen LogP contribution in [0.15, 0.2) is 0 Å². The number of hydrogen-bond donors (Lipinski definition) is 1. The normalized spacial score (nSPS) is 21.6. The molecule has 15 heavy (non-hydrogen) atoms. The van der Waals surface area contributed by atoms with Crippen molar-refractivity contribution in [2.24, 2.45) is 5.73 Å². The van der Waals surface area contributed by atoms with Crippen LogP contribution in [-0.4, -0.2) is 36.1 Å². The van der Waals surface area contributed by atoms with Crippen molar-refractivity contribution in [1.29, 1.82) is 0 Å². The molecule has 88 valence electrons. The zero-order valence-corrected chi connectivity index (χ0v) is 9.59. The average molecular weight is 237 g/mol. The summed E-state index contributed by atoms with van der Waals surface area (Å²) in [5.41, 5.74) is 5.60. The monoisotopic (exact) mass is 236 g/mol. The summed E-state index contributed by atoms with van der Waals surface area (Å²) in [6.45, 7) is 2.41. The van der Waals surface area contributed by atoms with Crippen LogP contribution < -0.4 is 5.73 Å². The van der Waals surface area contributed by atoms with Gasteiger partial charge in [-0.3, -0.25) is 4.79 Å². The van der Waals surface area contributed by atoms with Gasteiger partial charge < -0.3 is 10.5 Å². The van der Waals surface area contributed by atoms with Crippen LogP contribution in [0.5, 0.6) is 0 Å². The summed E-state index contributed by atoms with van der Waals surface area (Å²) >= 11 is 0. The maximum atomic E-state index is 11.6. The Labute approximate surface area is 95.3 Å². The lowest BCUT2D eigenvalue weighted by atomic mass is 10.1. The van der Waals surface area contributed by atoms with Crippen LogP contribution in [0.2, 0.25) is 0 Å². The highest BCUT2D eigenvalue weighted by molar-refractivity contribution is 5.95. The molecule has 1 aliphatic rings. The maximum absolute atomic E-state index is 11.6. The second kappa shape index (κ2) is 6.63. The third kappa shape index (κ3) is 3.68. The van der Waals surface area contributed by atoms with Gasteiger partial charge in [-0.2, -0.15) is 0 Å². The van der Waals surface area contributed by atoms with E-state index >= 15 is 0 Å². The van der Waals surface area contributed by atoms with Gasteiger partial charge >= 0.3 is 6.09 Å². The van der Waals surface area contributed by atoms with Gasteiger partial charge in [-0.25, -0.2) is 9.69 Å². The van der Waals surface area contributed by atoms with Crippen LogP contribution >= 0.6 is 12.4 Å². The molecule has 0 unspecified atom stereocenters. The van der Waals surface area contributed by atoms with Gasteiger partial charge in [0.1, 0.15) is 0 Å². The Morgan fingerprint density at radius 1 is 1.60 bits per heavy atom. The number of amides is 2. The molecule has 0 aromatic heterocycles. The number of imide groups is 1. The Balaban J connectivity index is 0.00000196. The molecule has 0 bridgehead atoms. The summed E-state index contributed by atoms with van der Waals surface area (Å²) in [6.07, 6.45) is 1.75. The first-order chi connectivity index (χ1) is 6.66. The molecule has 1 atom stereocenters. The number of halogens is 1. The fourth-order valence-corrected chi connectivity index (χ4v) is 1.45. The number of rotatable bonds is 1. The Bertz CT molecular complexity index is 235. The Morgan fingerprint density at radius 2 is 2.27 bits per heavy atom. The summed E-state index contributed by atoms with van der Waals surface area (Å²) in [5.74, 6) is -0.319. The van der Waals surface area contributed by atoms with Gasteiger partial charge in [0.15, 0.2) is 0 Å². The predicted molar refractivity (Wildman–Crippen MR) is 57.8 cm³/mol. The molecule has 0 radical (unpaired) electrons. The predicted octanol–water partition coefficient (Wildman–Crippen LogP) is 0.904. The van der Waals surface area contributed by atoms with Crippen molar-refractivity contribution < 1.29 is 14.3 Å². The Hall–Kier alpha value is -0.810. The molecular formula is C9H17ClN2O3. The number of hydrogen-bond acceptors (Lipinski definition) is 4. The molecule has 0 aromatic carbocycles. The van der Waals surface area contributed by atoms with Crippen molar-refractivity contribution in [2.75, 3.05) is 13.2 Å². The second-order valence-corrected chi connectivity index (χ2v) is 3.29. The zero-order valence-electron chi connectivity index (χ0n) is 8.77. The van der Waals surface area contributed by atoms with Crippen LogP contribution in [0, 0.1) is 0 Å². The van der Waals surface area contributed by atoms with Crippen molar-refractivity contribution in [3.05, 3.63) is 0 Å². The molecule has 2 amide bonds. The summed E-state index contributed by atoms with van der Waals surface area (Å²) < 4.78 is 4.77. The highest BCUT2D eigenvalue weighted by atomic mass is 35.5. The lowest BCUT2D eigenvalue weighted by Crippen LogP contribution is -2.45. The van der Waals surface area contributed by atoms with Crippen molar-refractivity contribution in [1.82, 2.24) is 4.90 Å². The smallest absolute Gasteiger partial charge is 0.416 e. The Morgan fingerprint density at radius 3 is 2.87 bits per heavy atom. The van der Waals surface area contributed by atoms with Crippen molar-refractivity contribution in [2.45, 2.75) is 32.2 Å².